The van der Waals surface area contributed by atoms with Crippen molar-refractivity contribution in [1.82, 2.24) is 15.0 Å². The highest BCUT2D eigenvalue weighted by Gasteiger charge is 2.11. The second kappa shape index (κ2) is 6.79. The maximum absolute atomic E-state index is 14.1. The minimum absolute atomic E-state index is 0.321. The van der Waals surface area contributed by atoms with E-state index in [-0.39, 0.29) is 5.82 Å². The number of benzene rings is 1. The number of nitrogens with zero attached hydrogens (tertiary/aromatic N) is 3. The number of pyridine rings is 1. The highest BCUT2D eigenvalue weighted by atomic mass is 19.1. The molecule has 2 aromatic heterocycles. The fourth-order valence-corrected chi connectivity index (χ4v) is 2.15. The lowest BCUT2D eigenvalue weighted by Crippen LogP contribution is -2.04. The number of anilines is 1. The van der Waals surface area contributed by atoms with Crippen LogP contribution in [0.4, 0.5) is 10.2 Å². The molecule has 5 heteroatoms. The first-order chi connectivity index (χ1) is 11.3. The van der Waals surface area contributed by atoms with Gasteiger partial charge in [-0.1, -0.05) is 18.2 Å². The van der Waals surface area contributed by atoms with Crippen molar-refractivity contribution in [1.29, 1.82) is 0 Å². The van der Waals surface area contributed by atoms with Crippen LogP contribution in [0.25, 0.3) is 22.6 Å². The van der Waals surface area contributed by atoms with Gasteiger partial charge in [0, 0.05) is 36.1 Å². The molecule has 0 aliphatic carbocycles. The Kier molecular flexibility index (Phi) is 4.38. The van der Waals surface area contributed by atoms with Gasteiger partial charge in [-0.3, -0.25) is 4.98 Å². The zero-order chi connectivity index (χ0) is 16.1. The lowest BCUT2D eigenvalue weighted by molar-refractivity contribution is 0.630. The highest BCUT2D eigenvalue weighted by molar-refractivity contribution is 5.67. The molecule has 0 atom stereocenters. The Hall–Kier alpha value is -3.08. The molecule has 0 aliphatic rings. The van der Waals surface area contributed by atoms with Crippen LogP contribution >= 0.6 is 0 Å². The molecule has 3 rings (SSSR count). The van der Waals surface area contributed by atoms with Gasteiger partial charge in [0.15, 0.2) is 5.82 Å². The van der Waals surface area contributed by atoms with E-state index in [9.17, 15) is 4.39 Å². The summed E-state index contributed by atoms with van der Waals surface area (Å²) < 4.78 is 14.1. The smallest absolute Gasteiger partial charge is 0.163 e. The minimum Gasteiger partial charge on any atom is -0.366 e. The zero-order valence-electron chi connectivity index (χ0n) is 12.4. The van der Waals surface area contributed by atoms with Gasteiger partial charge in [0.1, 0.15) is 11.6 Å². The molecule has 4 nitrogen and oxygen atoms in total. The molecule has 0 aliphatic heterocycles. The number of nitrogens with one attached hydrogen (secondary N) is 1. The maximum Gasteiger partial charge on any atom is 0.163 e. The molecule has 3 aromatic rings. The summed E-state index contributed by atoms with van der Waals surface area (Å²) in [4.78, 5) is 13.0. The average Bonchev–Trinajstić information content (AvgIpc) is 2.61. The van der Waals surface area contributed by atoms with E-state index in [1.807, 2.05) is 12.1 Å². The standard InChI is InChI=1S/C18H15FN4/c1-2-9-21-17-11-16(14-7-3-4-8-15(14)19)22-18(23-17)13-6-5-10-20-12-13/h2-8,10-12H,1,9H2,(H,21,22,23). The van der Waals surface area contributed by atoms with Crippen LogP contribution in [0.15, 0.2) is 67.5 Å². The van der Waals surface area contributed by atoms with Crippen molar-refractivity contribution in [2.24, 2.45) is 0 Å². The van der Waals surface area contributed by atoms with Crippen LogP contribution in [0, 0.1) is 5.82 Å². The number of aromatic nitrogens is 3. The van der Waals surface area contributed by atoms with Gasteiger partial charge >= 0.3 is 0 Å². The largest absolute Gasteiger partial charge is 0.366 e. The Labute approximate surface area is 133 Å². The van der Waals surface area contributed by atoms with Crippen molar-refractivity contribution >= 4 is 5.82 Å². The van der Waals surface area contributed by atoms with Gasteiger partial charge in [-0.2, -0.15) is 0 Å². The van der Waals surface area contributed by atoms with Crippen molar-refractivity contribution in [2.45, 2.75) is 0 Å². The van der Waals surface area contributed by atoms with E-state index in [2.05, 4.69) is 26.8 Å². The quantitative estimate of drug-likeness (QED) is 0.725. The Morgan fingerprint density at radius 1 is 1.13 bits per heavy atom. The highest BCUT2D eigenvalue weighted by Crippen LogP contribution is 2.25. The SMILES string of the molecule is C=CCNc1cc(-c2ccccc2F)nc(-c2cccnc2)n1. The molecular weight excluding hydrogens is 291 g/mol. The van der Waals surface area contributed by atoms with Gasteiger partial charge in [-0.15, -0.1) is 6.58 Å². The molecule has 0 radical (unpaired) electrons. The third-order valence-corrected chi connectivity index (χ3v) is 3.22. The molecule has 0 saturated carbocycles. The normalized spacial score (nSPS) is 10.3. The third kappa shape index (κ3) is 3.40. The molecule has 0 spiro atoms. The Bertz CT molecular complexity index is 818. The second-order valence-electron chi connectivity index (χ2n) is 4.85. The Balaban J connectivity index is 2.12. The summed E-state index contributed by atoms with van der Waals surface area (Å²) >= 11 is 0. The average molecular weight is 306 g/mol. The van der Waals surface area contributed by atoms with Crippen LogP contribution < -0.4 is 5.32 Å². The van der Waals surface area contributed by atoms with Crippen LogP contribution in [-0.4, -0.2) is 21.5 Å². The van der Waals surface area contributed by atoms with Crippen molar-refractivity contribution in [3.05, 3.63) is 73.3 Å². The first-order valence-corrected chi connectivity index (χ1v) is 7.17. The molecule has 114 valence electrons. The second-order valence-corrected chi connectivity index (χ2v) is 4.85. The van der Waals surface area contributed by atoms with E-state index in [1.165, 1.54) is 6.07 Å². The third-order valence-electron chi connectivity index (χ3n) is 3.22. The van der Waals surface area contributed by atoms with Crippen LogP contribution in [-0.2, 0) is 0 Å². The van der Waals surface area contributed by atoms with Crippen LogP contribution in [0.2, 0.25) is 0 Å². The summed E-state index contributed by atoms with van der Waals surface area (Å²) in [6.07, 6.45) is 5.09. The fourth-order valence-electron chi connectivity index (χ4n) is 2.15. The summed E-state index contributed by atoms with van der Waals surface area (Å²) in [6.45, 7) is 4.23. The minimum atomic E-state index is -0.321. The molecule has 0 unspecified atom stereocenters. The van der Waals surface area contributed by atoms with E-state index in [4.69, 9.17) is 0 Å². The van der Waals surface area contributed by atoms with Crippen LogP contribution in [0.3, 0.4) is 0 Å². The number of hydrogen-bond donors (Lipinski definition) is 1. The van der Waals surface area contributed by atoms with Gasteiger partial charge < -0.3 is 5.32 Å². The van der Waals surface area contributed by atoms with Crippen molar-refractivity contribution in [2.75, 3.05) is 11.9 Å². The molecular formula is C18H15FN4. The summed E-state index contributed by atoms with van der Waals surface area (Å²) in [5.74, 6) is 0.778. The van der Waals surface area contributed by atoms with Crippen molar-refractivity contribution in [3.63, 3.8) is 0 Å². The van der Waals surface area contributed by atoms with Crippen LogP contribution in [0.1, 0.15) is 0 Å². The summed E-state index contributed by atoms with van der Waals surface area (Å²) in [5, 5.41) is 3.12. The van der Waals surface area contributed by atoms with E-state index < -0.39 is 0 Å². The molecule has 0 amide bonds. The van der Waals surface area contributed by atoms with Crippen molar-refractivity contribution < 1.29 is 4.39 Å². The van der Waals surface area contributed by atoms with Gasteiger partial charge in [-0.05, 0) is 24.3 Å². The molecule has 2 heterocycles. The lowest BCUT2D eigenvalue weighted by atomic mass is 10.1. The number of rotatable bonds is 5. The number of hydrogen-bond acceptors (Lipinski definition) is 4. The first kappa shape index (κ1) is 14.8. The topological polar surface area (TPSA) is 50.7 Å². The van der Waals surface area contributed by atoms with E-state index in [0.29, 0.717) is 29.4 Å². The molecule has 0 bridgehead atoms. The zero-order valence-corrected chi connectivity index (χ0v) is 12.4. The number of halogens is 1. The summed E-state index contributed by atoms with van der Waals surface area (Å²) in [7, 11) is 0. The first-order valence-electron chi connectivity index (χ1n) is 7.17. The van der Waals surface area contributed by atoms with Gasteiger partial charge in [0.05, 0.1) is 5.69 Å². The molecule has 0 saturated heterocycles. The van der Waals surface area contributed by atoms with E-state index in [1.54, 1.807) is 42.7 Å². The summed E-state index contributed by atoms with van der Waals surface area (Å²) in [6, 6.07) is 11.9. The van der Waals surface area contributed by atoms with E-state index >= 15 is 0 Å². The monoisotopic (exact) mass is 306 g/mol. The Morgan fingerprint density at radius 3 is 2.74 bits per heavy atom. The molecule has 1 aromatic carbocycles. The van der Waals surface area contributed by atoms with E-state index in [0.717, 1.165) is 5.56 Å². The summed E-state index contributed by atoms with van der Waals surface area (Å²) in [5.41, 5.74) is 1.72. The van der Waals surface area contributed by atoms with Gasteiger partial charge in [0.25, 0.3) is 0 Å². The predicted molar refractivity (Wildman–Crippen MR) is 89.3 cm³/mol. The fraction of sp³-hybridized carbons (Fsp3) is 0.0556. The lowest BCUT2D eigenvalue weighted by Gasteiger charge is -2.10. The molecule has 1 N–H and O–H groups in total. The Morgan fingerprint density at radius 2 is 2.00 bits per heavy atom. The van der Waals surface area contributed by atoms with Gasteiger partial charge in [-0.25, -0.2) is 14.4 Å². The maximum atomic E-state index is 14.1. The predicted octanol–water partition coefficient (Wildman–Crippen LogP) is 3.94. The molecule has 0 fully saturated rings. The van der Waals surface area contributed by atoms with Gasteiger partial charge in [0.2, 0.25) is 0 Å². The van der Waals surface area contributed by atoms with Crippen LogP contribution in [0.5, 0.6) is 0 Å². The van der Waals surface area contributed by atoms with Crippen molar-refractivity contribution in [3.8, 4) is 22.6 Å². The molecule has 23 heavy (non-hydrogen) atoms.